The second-order valence-corrected chi connectivity index (χ2v) is 20.9. The van der Waals surface area contributed by atoms with Crippen molar-refractivity contribution >= 4 is 43.6 Å². The molecule has 0 radical (unpaired) electrons. The SMILES string of the molecule is CC1(C)c2ccccc2-c2c1ccc1c2c2ccccc2n1-c1ccc(C(F)(F)F)cc1-c1nc(-c2ccccc2)nc(-c2cc(C(F)(F)F)ccc2-n2c3ccccc3c3c4c(ccc32)C(C)(C)c2ccccc2-4)n1. The summed E-state index contributed by atoms with van der Waals surface area (Å²) in [6, 6.07) is 56.4. The Morgan fingerprint density at radius 3 is 1.20 bits per heavy atom. The fourth-order valence-electron chi connectivity index (χ4n) is 12.5. The van der Waals surface area contributed by atoms with Gasteiger partial charge in [-0.15, -0.1) is 0 Å². The molecule has 0 amide bonds. The van der Waals surface area contributed by atoms with Gasteiger partial charge in [-0.3, -0.25) is 0 Å². The molecule has 0 spiro atoms. The number of halogens is 6. The van der Waals surface area contributed by atoms with Crippen molar-refractivity contribution in [2.45, 2.75) is 50.9 Å². The molecule has 0 unspecified atom stereocenters. The quantitative estimate of drug-likeness (QED) is 0.161. The van der Waals surface area contributed by atoms with Gasteiger partial charge in [0.1, 0.15) is 0 Å². The van der Waals surface area contributed by atoms with Crippen molar-refractivity contribution in [3.8, 4) is 67.8 Å². The van der Waals surface area contributed by atoms with Gasteiger partial charge in [0.05, 0.1) is 44.6 Å². The van der Waals surface area contributed by atoms with Crippen LogP contribution in [0, 0.1) is 0 Å². The molecule has 11 heteroatoms. The van der Waals surface area contributed by atoms with Crippen LogP contribution in [0.3, 0.4) is 0 Å². The molecule has 0 atom stereocenters. The Balaban J connectivity index is 1.07. The normalized spacial score (nSPS) is 14.4. The fraction of sp³-hybridized carbons (Fsp3) is 0.123. The average Bonchev–Trinajstić information content (AvgIpc) is 4.10. The van der Waals surface area contributed by atoms with Crippen molar-refractivity contribution in [3.63, 3.8) is 0 Å². The standard InChI is InChI=1S/C65H43F6N5/c1-62(2)45-22-12-8-18-39(45)55-47(62)28-32-53-57(55)41-20-10-14-24-49(41)75(53)51-30-26-37(64(66,67)68)34-43(51)60-72-59(36-16-6-5-7-17-36)73-61(74-60)44-35-38(65(69,70)71)27-31-52(44)76-50-25-15-11-21-42(50)58-54(76)33-29-48-56(58)40-19-9-13-23-46(40)63(48,3)4/h5-35H,1-4H3. The Hall–Kier alpha value is -8.83. The smallest absolute Gasteiger partial charge is 0.308 e. The molecule has 12 aromatic rings. The lowest BCUT2D eigenvalue weighted by Gasteiger charge is -2.21. The van der Waals surface area contributed by atoms with Gasteiger partial charge in [-0.05, 0) is 105 Å². The predicted octanol–water partition coefficient (Wildman–Crippen LogP) is 17.7. The molecule has 0 fully saturated rings. The minimum absolute atomic E-state index is 0.00164. The molecule has 3 heterocycles. The molecule has 0 aliphatic heterocycles. The minimum Gasteiger partial charge on any atom is -0.308 e. The third-order valence-electron chi connectivity index (χ3n) is 16.0. The van der Waals surface area contributed by atoms with Crippen LogP contribution in [0.1, 0.15) is 61.1 Å². The molecule has 0 saturated carbocycles. The van der Waals surface area contributed by atoms with Gasteiger partial charge in [-0.2, -0.15) is 26.3 Å². The summed E-state index contributed by atoms with van der Waals surface area (Å²) in [5.41, 5.74) is 10.4. The lowest BCUT2D eigenvalue weighted by molar-refractivity contribution is -0.138. The Labute approximate surface area is 432 Å². The lowest BCUT2D eigenvalue weighted by atomic mass is 9.82. The predicted molar refractivity (Wildman–Crippen MR) is 290 cm³/mol. The van der Waals surface area contributed by atoms with Crippen LogP contribution < -0.4 is 0 Å². The van der Waals surface area contributed by atoms with Gasteiger partial charge in [-0.25, -0.2) is 15.0 Å². The maximum Gasteiger partial charge on any atom is 0.416 e. The highest BCUT2D eigenvalue weighted by atomic mass is 19.4. The van der Waals surface area contributed by atoms with E-state index in [1.54, 1.807) is 30.3 Å². The van der Waals surface area contributed by atoms with E-state index in [0.29, 0.717) is 16.9 Å². The molecule has 9 aromatic carbocycles. The number of para-hydroxylation sites is 2. The topological polar surface area (TPSA) is 48.5 Å². The van der Waals surface area contributed by atoms with Crippen molar-refractivity contribution in [2.24, 2.45) is 0 Å². The number of nitrogens with zero attached hydrogens (tertiary/aromatic N) is 5. The molecule has 0 N–H and O–H groups in total. The number of hydrogen-bond acceptors (Lipinski definition) is 3. The van der Waals surface area contributed by atoms with Crippen LogP contribution >= 0.6 is 0 Å². The third kappa shape index (κ3) is 6.50. The summed E-state index contributed by atoms with van der Waals surface area (Å²) in [6.07, 6.45) is -9.58. The van der Waals surface area contributed by atoms with E-state index >= 15 is 26.3 Å². The van der Waals surface area contributed by atoms with Crippen LogP contribution in [-0.4, -0.2) is 24.1 Å². The average molecular weight is 1010 g/mol. The Morgan fingerprint density at radius 1 is 0.355 bits per heavy atom. The van der Waals surface area contributed by atoms with E-state index in [1.165, 1.54) is 23.3 Å². The molecule has 0 saturated heterocycles. The van der Waals surface area contributed by atoms with E-state index in [1.807, 2.05) is 94.1 Å². The number of benzene rings is 9. The van der Waals surface area contributed by atoms with E-state index < -0.39 is 23.5 Å². The van der Waals surface area contributed by atoms with Gasteiger partial charge in [0, 0.05) is 49.1 Å². The summed E-state index contributed by atoms with van der Waals surface area (Å²) in [4.78, 5) is 15.0. The monoisotopic (exact) mass is 1010 g/mol. The van der Waals surface area contributed by atoms with E-state index in [9.17, 15) is 0 Å². The Kier molecular flexibility index (Phi) is 9.54. The minimum atomic E-state index is -4.79. The van der Waals surface area contributed by atoms with Gasteiger partial charge < -0.3 is 9.13 Å². The zero-order valence-electron chi connectivity index (χ0n) is 41.4. The van der Waals surface area contributed by atoms with Crippen molar-refractivity contribution < 1.29 is 26.3 Å². The Bertz CT molecular complexity index is 4180. The van der Waals surface area contributed by atoms with Crippen LogP contribution in [-0.2, 0) is 23.2 Å². The van der Waals surface area contributed by atoms with Gasteiger partial charge in [0.15, 0.2) is 17.5 Å². The van der Waals surface area contributed by atoms with Gasteiger partial charge in [0.2, 0.25) is 0 Å². The zero-order valence-corrected chi connectivity index (χ0v) is 41.4. The summed E-state index contributed by atoms with van der Waals surface area (Å²) in [5, 5.41) is 3.67. The zero-order chi connectivity index (χ0) is 52.2. The molecule has 370 valence electrons. The number of rotatable bonds is 5. The summed E-state index contributed by atoms with van der Waals surface area (Å²) >= 11 is 0. The van der Waals surface area contributed by atoms with Crippen molar-refractivity contribution in [1.82, 2.24) is 24.1 Å². The first kappa shape index (κ1) is 45.8. The highest BCUT2D eigenvalue weighted by Gasteiger charge is 2.40. The number of hydrogen-bond donors (Lipinski definition) is 0. The highest BCUT2D eigenvalue weighted by molar-refractivity contribution is 6.19. The highest BCUT2D eigenvalue weighted by Crippen LogP contribution is 2.55. The fourth-order valence-corrected chi connectivity index (χ4v) is 12.5. The number of aromatic nitrogens is 5. The van der Waals surface area contributed by atoms with Crippen molar-refractivity contribution in [1.29, 1.82) is 0 Å². The first-order chi connectivity index (χ1) is 36.5. The first-order valence-electron chi connectivity index (χ1n) is 25.1. The van der Waals surface area contributed by atoms with Crippen LogP contribution in [0.2, 0.25) is 0 Å². The molecule has 5 nitrogen and oxygen atoms in total. The molecule has 2 aliphatic rings. The van der Waals surface area contributed by atoms with E-state index in [-0.39, 0.29) is 39.4 Å². The van der Waals surface area contributed by atoms with E-state index in [0.717, 1.165) is 101 Å². The maximum absolute atomic E-state index is 15.2. The first-order valence-corrected chi connectivity index (χ1v) is 25.1. The van der Waals surface area contributed by atoms with Gasteiger partial charge in [-0.1, -0.05) is 155 Å². The Morgan fingerprint density at radius 2 is 0.750 bits per heavy atom. The molecule has 2 aliphatic carbocycles. The molecule has 76 heavy (non-hydrogen) atoms. The van der Waals surface area contributed by atoms with Crippen LogP contribution in [0.5, 0.6) is 0 Å². The largest absolute Gasteiger partial charge is 0.416 e. The van der Waals surface area contributed by atoms with Gasteiger partial charge in [0.25, 0.3) is 0 Å². The van der Waals surface area contributed by atoms with Crippen molar-refractivity contribution in [3.05, 3.63) is 221 Å². The number of fused-ring (bicyclic) bond motifs is 14. The van der Waals surface area contributed by atoms with Crippen LogP contribution in [0.25, 0.3) is 111 Å². The summed E-state index contributed by atoms with van der Waals surface area (Å²) in [6.45, 7) is 8.79. The van der Waals surface area contributed by atoms with Gasteiger partial charge >= 0.3 is 12.4 Å². The summed E-state index contributed by atoms with van der Waals surface area (Å²) in [5.74, 6) is -0.262. The molecular weight excluding hydrogens is 965 g/mol. The molecule has 0 bridgehead atoms. The maximum atomic E-state index is 15.2. The van der Waals surface area contributed by atoms with Crippen molar-refractivity contribution in [2.75, 3.05) is 0 Å². The van der Waals surface area contributed by atoms with Crippen LogP contribution in [0.15, 0.2) is 188 Å². The van der Waals surface area contributed by atoms with Crippen LogP contribution in [0.4, 0.5) is 26.3 Å². The van der Waals surface area contributed by atoms with E-state index in [4.69, 9.17) is 15.0 Å². The van der Waals surface area contributed by atoms with E-state index in [2.05, 4.69) is 64.1 Å². The molecule has 3 aromatic heterocycles. The molecular formula is C65H43F6N5. The second-order valence-electron chi connectivity index (χ2n) is 20.9. The third-order valence-corrected chi connectivity index (χ3v) is 16.0. The molecule has 14 rings (SSSR count). The second kappa shape index (κ2) is 15.8. The number of alkyl halides is 6. The summed E-state index contributed by atoms with van der Waals surface area (Å²) in [7, 11) is 0. The lowest BCUT2D eigenvalue weighted by Crippen LogP contribution is -2.14. The summed E-state index contributed by atoms with van der Waals surface area (Å²) < 4.78 is 95.0.